The van der Waals surface area contributed by atoms with Crippen molar-refractivity contribution >= 4 is 40.7 Å². The number of benzene rings is 1. The molecule has 0 spiro atoms. The molecule has 2 rings (SSSR count). The van der Waals surface area contributed by atoms with Crippen molar-refractivity contribution < 1.29 is 14.5 Å². The Kier molecular flexibility index (Phi) is 7.54. The Bertz CT molecular complexity index is 624. The van der Waals surface area contributed by atoms with E-state index in [1.54, 1.807) is 18.2 Å². The second-order valence-corrected chi connectivity index (χ2v) is 7.74. The van der Waals surface area contributed by atoms with E-state index in [2.05, 4.69) is 17.6 Å². The van der Waals surface area contributed by atoms with Crippen LogP contribution in [0.3, 0.4) is 0 Å². The molecule has 3 atom stereocenters. The van der Waals surface area contributed by atoms with Crippen molar-refractivity contribution in [1.29, 1.82) is 0 Å². The molecule has 1 aromatic carbocycles. The third-order valence-corrected chi connectivity index (χ3v) is 5.32. The maximum absolute atomic E-state index is 12.2. The number of hydrogen-bond donors (Lipinski definition) is 3. The minimum atomic E-state index is -0.172. The minimum Gasteiger partial charge on any atom is -0.348 e. The first-order valence-electron chi connectivity index (χ1n) is 8.70. The van der Waals surface area contributed by atoms with Gasteiger partial charge in [-0.3, -0.25) is 9.59 Å². The van der Waals surface area contributed by atoms with Crippen LogP contribution in [0.15, 0.2) is 18.2 Å². The Morgan fingerprint density at radius 2 is 1.80 bits per heavy atom. The van der Waals surface area contributed by atoms with E-state index in [4.69, 9.17) is 23.2 Å². The Morgan fingerprint density at radius 1 is 1.12 bits per heavy atom. The van der Waals surface area contributed by atoms with Crippen molar-refractivity contribution in [3.8, 4) is 0 Å². The summed E-state index contributed by atoms with van der Waals surface area (Å²) in [5.74, 6) is 0.351. The topological polar surface area (TPSA) is 62.6 Å². The highest BCUT2D eigenvalue weighted by Gasteiger charge is 2.24. The molecule has 7 heteroatoms. The summed E-state index contributed by atoms with van der Waals surface area (Å²) in [6, 6.07) is 5.20. The van der Waals surface area contributed by atoms with Gasteiger partial charge in [-0.2, -0.15) is 0 Å². The van der Waals surface area contributed by atoms with Gasteiger partial charge >= 0.3 is 0 Å². The molecule has 1 saturated carbocycles. The summed E-state index contributed by atoms with van der Waals surface area (Å²) in [4.78, 5) is 25.1. The first kappa shape index (κ1) is 20.0. The Labute approximate surface area is 159 Å². The summed E-state index contributed by atoms with van der Waals surface area (Å²) in [5, 5.41) is 6.71. The number of likely N-dealkylation sites (N-methyl/N-ethyl adjacent to an activating group) is 1. The van der Waals surface area contributed by atoms with E-state index in [9.17, 15) is 9.59 Å². The van der Waals surface area contributed by atoms with Gasteiger partial charge in [0.05, 0.1) is 17.1 Å². The van der Waals surface area contributed by atoms with E-state index in [1.807, 2.05) is 7.05 Å². The van der Waals surface area contributed by atoms with Crippen LogP contribution in [0.1, 0.15) is 32.6 Å². The second kappa shape index (κ2) is 9.41. The first-order valence-corrected chi connectivity index (χ1v) is 9.46. The molecule has 1 aliphatic rings. The van der Waals surface area contributed by atoms with Gasteiger partial charge in [-0.15, -0.1) is 0 Å². The monoisotopic (exact) mass is 386 g/mol. The summed E-state index contributed by atoms with van der Waals surface area (Å²) in [6.45, 7) is 2.66. The minimum absolute atomic E-state index is 0.00131. The summed E-state index contributed by atoms with van der Waals surface area (Å²) < 4.78 is 0. The van der Waals surface area contributed by atoms with Gasteiger partial charge in [0, 0.05) is 11.7 Å². The van der Waals surface area contributed by atoms with Crippen molar-refractivity contribution in [2.45, 2.75) is 38.6 Å². The fourth-order valence-corrected chi connectivity index (χ4v) is 3.48. The summed E-state index contributed by atoms with van der Waals surface area (Å²) in [7, 11) is 1.83. The quantitative estimate of drug-likeness (QED) is 0.701. The molecule has 1 fully saturated rings. The number of hydrogen-bond acceptors (Lipinski definition) is 2. The van der Waals surface area contributed by atoms with E-state index in [-0.39, 0.29) is 30.9 Å². The van der Waals surface area contributed by atoms with Gasteiger partial charge in [0.15, 0.2) is 13.1 Å². The molecule has 0 aromatic heterocycles. The zero-order valence-corrected chi connectivity index (χ0v) is 16.2. The molecule has 1 unspecified atom stereocenters. The summed E-state index contributed by atoms with van der Waals surface area (Å²) in [6.07, 6.45) is 4.63. The zero-order chi connectivity index (χ0) is 18.4. The lowest BCUT2D eigenvalue weighted by molar-refractivity contribution is -0.862. The van der Waals surface area contributed by atoms with E-state index in [0.717, 1.165) is 11.3 Å². The second-order valence-electron chi connectivity index (χ2n) is 6.92. The van der Waals surface area contributed by atoms with Crippen molar-refractivity contribution in [3.63, 3.8) is 0 Å². The molecule has 0 bridgehead atoms. The number of anilines is 1. The van der Waals surface area contributed by atoms with Gasteiger partial charge in [-0.25, -0.2) is 0 Å². The maximum atomic E-state index is 12.2. The number of carbonyl (C=O) groups excluding carboxylic acids is 2. The maximum Gasteiger partial charge on any atom is 0.279 e. The van der Waals surface area contributed by atoms with Gasteiger partial charge in [0.2, 0.25) is 0 Å². The predicted molar refractivity (Wildman–Crippen MR) is 101 cm³/mol. The van der Waals surface area contributed by atoms with Crippen LogP contribution in [0.2, 0.25) is 10.0 Å². The summed E-state index contributed by atoms with van der Waals surface area (Å²) in [5.41, 5.74) is 0.590. The zero-order valence-electron chi connectivity index (χ0n) is 14.7. The highest BCUT2D eigenvalue weighted by atomic mass is 35.5. The van der Waals surface area contributed by atoms with Crippen LogP contribution in [0.25, 0.3) is 0 Å². The standard InChI is InChI=1S/C18H25Cl2N3O2/c1-12-5-3-4-6-16(12)22-18(25)11-23(2)10-17(24)21-13-7-8-14(19)15(20)9-13/h7-9,12,16H,3-6,10-11H2,1-2H3,(H,21,24)(H,22,25)/p+1/t12-,16-/m0/s1. The number of carbonyl (C=O) groups is 2. The SMILES string of the molecule is C[C@H]1CCCC[C@@H]1NC(=O)C[NH+](C)CC(=O)Nc1ccc(Cl)c(Cl)c1. The predicted octanol–water partition coefficient (Wildman–Crippen LogP) is 2.14. The average Bonchev–Trinajstić information content (AvgIpc) is 2.52. The molecule has 0 saturated heterocycles. The van der Waals surface area contributed by atoms with Gasteiger partial charge in [-0.1, -0.05) is 43.0 Å². The highest BCUT2D eigenvalue weighted by molar-refractivity contribution is 6.42. The molecule has 0 heterocycles. The molecule has 0 aliphatic heterocycles. The van der Waals surface area contributed by atoms with E-state index < -0.39 is 0 Å². The van der Waals surface area contributed by atoms with E-state index in [1.165, 1.54) is 19.3 Å². The van der Waals surface area contributed by atoms with Crippen LogP contribution in [0.5, 0.6) is 0 Å². The van der Waals surface area contributed by atoms with Crippen molar-refractivity contribution in [1.82, 2.24) is 5.32 Å². The third kappa shape index (κ3) is 6.49. The van der Waals surface area contributed by atoms with Crippen LogP contribution in [0.4, 0.5) is 5.69 Å². The molecule has 1 aliphatic carbocycles. The van der Waals surface area contributed by atoms with Crippen molar-refractivity contribution in [3.05, 3.63) is 28.2 Å². The van der Waals surface area contributed by atoms with Gasteiger partial charge in [0.25, 0.3) is 11.8 Å². The van der Waals surface area contributed by atoms with E-state index in [0.29, 0.717) is 21.7 Å². The molecule has 1 aromatic rings. The van der Waals surface area contributed by atoms with E-state index >= 15 is 0 Å². The van der Waals surface area contributed by atoms with Crippen LogP contribution in [-0.2, 0) is 9.59 Å². The molecular formula is C18H26Cl2N3O2+. The molecule has 3 N–H and O–H groups in total. The van der Waals surface area contributed by atoms with Gasteiger partial charge in [0.1, 0.15) is 0 Å². The number of quaternary nitrogens is 1. The van der Waals surface area contributed by atoms with Crippen LogP contribution < -0.4 is 15.5 Å². The smallest absolute Gasteiger partial charge is 0.279 e. The lowest BCUT2D eigenvalue weighted by atomic mass is 9.86. The Balaban J connectivity index is 1.76. The fraction of sp³-hybridized carbons (Fsp3) is 0.556. The normalized spacial score (nSPS) is 21.4. The number of rotatable bonds is 6. The van der Waals surface area contributed by atoms with Crippen LogP contribution in [-0.4, -0.2) is 38.0 Å². The lowest BCUT2D eigenvalue weighted by Gasteiger charge is -2.29. The summed E-state index contributed by atoms with van der Waals surface area (Å²) >= 11 is 11.8. The van der Waals surface area contributed by atoms with Crippen LogP contribution in [0, 0.1) is 5.92 Å². The van der Waals surface area contributed by atoms with Gasteiger partial charge < -0.3 is 15.5 Å². The van der Waals surface area contributed by atoms with Crippen LogP contribution >= 0.6 is 23.2 Å². The number of halogens is 2. The Hall–Kier alpha value is -1.30. The highest BCUT2D eigenvalue weighted by Crippen LogP contribution is 2.25. The molecule has 5 nitrogen and oxygen atoms in total. The number of nitrogens with one attached hydrogen (secondary N) is 3. The fourth-order valence-electron chi connectivity index (χ4n) is 3.18. The molecule has 2 amide bonds. The lowest BCUT2D eigenvalue weighted by Crippen LogP contribution is -3.11. The average molecular weight is 387 g/mol. The van der Waals surface area contributed by atoms with Crippen molar-refractivity contribution in [2.24, 2.45) is 5.92 Å². The first-order chi connectivity index (χ1) is 11.8. The largest absolute Gasteiger partial charge is 0.348 e. The van der Waals surface area contributed by atoms with Crippen molar-refractivity contribution in [2.75, 3.05) is 25.5 Å². The molecule has 0 radical (unpaired) electrons. The molecular weight excluding hydrogens is 361 g/mol. The third-order valence-electron chi connectivity index (χ3n) is 4.59. The number of amides is 2. The molecule has 25 heavy (non-hydrogen) atoms. The molecule has 138 valence electrons. The Morgan fingerprint density at radius 3 is 2.48 bits per heavy atom. The van der Waals surface area contributed by atoms with Gasteiger partial charge in [-0.05, 0) is 37.0 Å².